The predicted octanol–water partition coefficient (Wildman–Crippen LogP) is 3.23. The van der Waals surface area contributed by atoms with Gasteiger partial charge in [0.05, 0.1) is 86.4 Å². The number of aromatic nitrogens is 2. The minimum Gasteiger partial charge on any atom is -0.460 e. The third kappa shape index (κ3) is 18.6. The van der Waals surface area contributed by atoms with E-state index in [-0.39, 0.29) is 153 Å². The first kappa shape index (κ1) is 71.6. The Hall–Kier alpha value is -9.21. The molecule has 2 aromatic heterocycles. The number of halogens is 1. The fourth-order valence-corrected chi connectivity index (χ4v) is 11.9. The van der Waals surface area contributed by atoms with E-state index in [2.05, 4.69) is 26.6 Å². The second-order valence-electron chi connectivity index (χ2n) is 24.9. The molecule has 2 aromatic carbocycles. The van der Waals surface area contributed by atoms with E-state index in [9.17, 15) is 67.4 Å². The number of cyclic esters (lactones) is 1. The van der Waals surface area contributed by atoms with Gasteiger partial charge in [-0.2, -0.15) is 0 Å². The normalized spacial score (nSPS) is 16.6. The molecule has 4 atom stereocenters. The number of nitrogens with zero attached hydrogens (tertiary/aromatic N) is 3. The standard InChI is InChI=1S/C68H81FN8O18/c1-6-68(91)47-34-52-63-45(37-77(52)65(89)46(47)38-94-66(68)90)62-49(16-15-44-39(2)48(69)35-51(75-63)61(44)62)73-56(83)13-10-24-70-54(81)19-17-53(80)50(31-40-11-8-7-9-12-40)74-57(84)18-14-43(79)36-72-64(88)41(33-60(87)95-67(3,4)5)32-42(78)23-27-92-29-30-93-28-25-71-55(82)22-26-76-58(85)20-21-59(76)86/h7-9,11-12,20-21,34-35,41,49-50,91H,6,10,13-19,22-33,36-38H2,1-5H3,(H,70,81)(H,71,82)(H,72,88)(H,73,83)(H,74,84)/t41-,49-,50-,68-/m0/s1. The summed E-state index contributed by atoms with van der Waals surface area (Å²) < 4.78 is 38.5. The largest absolute Gasteiger partial charge is 0.460 e. The number of amides is 7. The Kier molecular flexibility index (Phi) is 24.3. The third-order valence-corrected chi connectivity index (χ3v) is 16.9. The Morgan fingerprint density at radius 3 is 2.19 bits per heavy atom. The number of aliphatic hydroxyl groups is 1. The van der Waals surface area contributed by atoms with Crippen LogP contribution in [0.25, 0.3) is 22.3 Å². The summed E-state index contributed by atoms with van der Waals surface area (Å²) in [6.45, 7) is 7.98. The number of carbonyl (C=O) groups excluding carboxylic acids is 12. The summed E-state index contributed by atoms with van der Waals surface area (Å²) in [6.07, 6.45) is 1.13. The van der Waals surface area contributed by atoms with Crippen LogP contribution in [0.5, 0.6) is 0 Å². The van der Waals surface area contributed by atoms with Crippen LogP contribution in [0.3, 0.4) is 0 Å². The van der Waals surface area contributed by atoms with Crippen LogP contribution in [0.4, 0.5) is 4.39 Å². The van der Waals surface area contributed by atoms with Crippen LogP contribution in [0.15, 0.2) is 59.4 Å². The van der Waals surface area contributed by atoms with Gasteiger partial charge in [0, 0.05) is 106 Å². The van der Waals surface area contributed by atoms with Gasteiger partial charge in [0.2, 0.25) is 29.5 Å². The number of ether oxygens (including phenoxy) is 4. The highest BCUT2D eigenvalue weighted by Gasteiger charge is 2.46. The van der Waals surface area contributed by atoms with E-state index < -0.39 is 112 Å². The van der Waals surface area contributed by atoms with E-state index in [1.807, 2.05) is 0 Å². The van der Waals surface area contributed by atoms with Gasteiger partial charge in [0.15, 0.2) is 17.2 Å². The molecule has 0 spiro atoms. The number of imide groups is 1. The van der Waals surface area contributed by atoms with Crippen LogP contribution in [-0.2, 0) is 108 Å². The molecule has 7 amide bonds. The van der Waals surface area contributed by atoms with Gasteiger partial charge >= 0.3 is 11.9 Å². The van der Waals surface area contributed by atoms with Gasteiger partial charge in [0.1, 0.15) is 23.8 Å². The van der Waals surface area contributed by atoms with Gasteiger partial charge in [-0.1, -0.05) is 37.3 Å². The molecule has 26 nitrogen and oxygen atoms in total. The third-order valence-electron chi connectivity index (χ3n) is 16.9. The van der Waals surface area contributed by atoms with E-state index >= 15 is 4.39 Å². The number of ketones is 3. The van der Waals surface area contributed by atoms with E-state index in [0.717, 1.165) is 22.6 Å². The van der Waals surface area contributed by atoms with Crippen molar-refractivity contribution in [2.75, 3.05) is 52.6 Å². The van der Waals surface area contributed by atoms with Crippen molar-refractivity contribution in [2.45, 2.75) is 161 Å². The molecular formula is C68H81FN8O18. The Morgan fingerprint density at radius 1 is 0.779 bits per heavy atom. The summed E-state index contributed by atoms with van der Waals surface area (Å²) in [4.78, 5) is 174. The maximum absolute atomic E-state index is 15.5. The van der Waals surface area contributed by atoms with Crippen molar-refractivity contribution in [1.29, 1.82) is 0 Å². The van der Waals surface area contributed by atoms with Crippen molar-refractivity contribution in [3.63, 3.8) is 0 Å². The van der Waals surface area contributed by atoms with Crippen LogP contribution in [0.1, 0.15) is 150 Å². The van der Waals surface area contributed by atoms with E-state index in [4.69, 9.17) is 23.9 Å². The maximum Gasteiger partial charge on any atom is 0.343 e. The lowest BCUT2D eigenvalue weighted by Gasteiger charge is -2.31. The Balaban J connectivity index is 0.763. The zero-order valence-corrected chi connectivity index (χ0v) is 54.0. The van der Waals surface area contributed by atoms with Gasteiger partial charge in [-0.15, -0.1) is 0 Å². The molecule has 0 unspecified atom stereocenters. The molecule has 95 heavy (non-hydrogen) atoms. The molecule has 0 fully saturated rings. The molecule has 0 saturated heterocycles. The SMILES string of the molecule is CC[C@@]1(O)C(=O)OCc2c1cc1n(c2=O)Cc2c-1nc1cc(F)c(C)c3c1c2[C@@H](NC(=O)CCCNC(=O)CCC(=O)[C@H](Cc1ccccc1)NC(=O)CCC(=O)CNC(=O)[C@@H](CC(=O)CCOCCOCCNC(=O)CCN1C(=O)C=CC1=O)CC(=O)OC(C)(C)C)CC3. The topological polar surface area (TPSA) is 360 Å². The smallest absolute Gasteiger partial charge is 0.343 e. The Labute approximate surface area is 547 Å². The Morgan fingerprint density at radius 2 is 1.47 bits per heavy atom. The van der Waals surface area contributed by atoms with Crippen LogP contribution in [0.2, 0.25) is 0 Å². The van der Waals surface area contributed by atoms with Crippen molar-refractivity contribution in [3.05, 3.63) is 110 Å². The number of rotatable bonds is 35. The monoisotopic (exact) mass is 1320 g/mol. The molecular weight excluding hydrogens is 1240 g/mol. The van der Waals surface area contributed by atoms with Crippen LogP contribution >= 0.6 is 0 Å². The quantitative estimate of drug-likeness (QED) is 0.0193. The molecule has 5 heterocycles. The minimum absolute atomic E-state index is 0.00340. The van der Waals surface area contributed by atoms with Crippen LogP contribution in [0, 0.1) is 18.7 Å². The number of nitrogens with one attached hydrogen (secondary N) is 5. The number of pyridine rings is 2. The van der Waals surface area contributed by atoms with Crippen molar-refractivity contribution in [1.82, 2.24) is 41.0 Å². The molecule has 0 bridgehead atoms. The summed E-state index contributed by atoms with van der Waals surface area (Å²) in [5, 5.41) is 25.8. The summed E-state index contributed by atoms with van der Waals surface area (Å²) in [7, 11) is 0. The summed E-state index contributed by atoms with van der Waals surface area (Å²) >= 11 is 0. The van der Waals surface area contributed by atoms with Crippen molar-refractivity contribution in [2.24, 2.45) is 5.92 Å². The molecule has 3 aliphatic heterocycles. The molecule has 1 aliphatic carbocycles. The lowest BCUT2D eigenvalue weighted by molar-refractivity contribution is -0.172. The fourth-order valence-electron chi connectivity index (χ4n) is 11.9. The summed E-state index contributed by atoms with van der Waals surface area (Å²) in [5.74, 6) is -8.24. The van der Waals surface area contributed by atoms with Crippen molar-refractivity contribution >= 4 is 81.5 Å². The van der Waals surface area contributed by atoms with E-state index in [1.54, 1.807) is 71.0 Å². The van der Waals surface area contributed by atoms with Gasteiger partial charge < -0.3 is 55.2 Å². The lowest BCUT2D eigenvalue weighted by Crippen LogP contribution is -2.44. The zero-order chi connectivity index (χ0) is 68.7. The molecule has 4 aliphatic rings. The van der Waals surface area contributed by atoms with E-state index in [0.29, 0.717) is 57.4 Å². The molecule has 508 valence electrons. The molecule has 0 saturated carbocycles. The number of carbonyl (C=O) groups is 12. The molecule has 4 aromatic rings. The maximum atomic E-state index is 15.5. The second kappa shape index (κ2) is 32.3. The number of aryl methyl sites for hydroxylation is 1. The fraction of sp³-hybridized carbons (Fsp3) is 0.500. The molecule has 6 N–H and O–H groups in total. The number of hydrogen-bond acceptors (Lipinski definition) is 19. The number of fused-ring (bicyclic) bond motifs is 5. The minimum atomic E-state index is -2.06. The molecule has 8 rings (SSSR count). The highest BCUT2D eigenvalue weighted by molar-refractivity contribution is 6.13. The number of Topliss-reactive ketones (excluding diaryl/α,β-unsaturated/α-hetero) is 3. The predicted molar refractivity (Wildman–Crippen MR) is 338 cm³/mol. The van der Waals surface area contributed by atoms with Gasteiger partial charge in [0.25, 0.3) is 17.4 Å². The highest BCUT2D eigenvalue weighted by Crippen LogP contribution is 2.46. The Bertz CT molecular complexity index is 3750. The van der Waals surface area contributed by atoms with Crippen LogP contribution in [-0.4, -0.2) is 154 Å². The number of benzene rings is 2. The van der Waals surface area contributed by atoms with Gasteiger partial charge in [-0.3, -0.25) is 62.4 Å². The average molecular weight is 1320 g/mol. The van der Waals surface area contributed by atoms with Crippen molar-refractivity contribution < 1.29 is 86.0 Å². The average Bonchev–Trinajstić information content (AvgIpc) is 1.64. The van der Waals surface area contributed by atoms with Crippen molar-refractivity contribution in [3.8, 4) is 11.4 Å². The zero-order valence-electron chi connectivity index (χ0n) is 54.0. The molecule has 0 radical (unpaired) electrons. The lowest BCUT2D eigenvalue weighted by atomic mass is 9.81. The van der Waals surface area contributed by atoms with Gasteiger partial charge in [-0.05, 0) is 88.1 Å². The van der Waals surface area contributed by atoms with Gasteiger partial charge in [-0.25, -0.2) is 14.2 Å². The first-order valence-electron chi connectivity index (χ1n) is 32.0. The molecule has 27 heteroatoms. The number of hydrogen-bond donors (Lipinski definition) is 6. The first-order chi connectivity index (χ1) is 45.2. The second-order valence-corrected chi connectivity index (χ2v) is 24.9. The summed E-state index contributed by atoms with van der Waals surface area (Å²) in [6, 6.07) is 10.1. The first-order valence-corrected chi connectivity index (χ1v) is 32.0. The number of esters is 2. The summed E-state index contributed by atoms with van der Waals surface area (Å²) in [5.41, 5.74) is 1.14. The highest BCUT2D eigenvalue weighted by atomic mass is 19.1. The van der Waals surface area contributed by atoms with Crippen LogP contribution < -0.4 is 32.1 Å². The van der Waals surface area contributed by atoms with E-state index in [1.165, 1.54) is 10.6 Å².